The van der Waals surface area contributed by atoms with E-state index in [-0.39, 0.29) is 11.5 Å². The molecule has 2 bridgehead atoms. The molecule has 40 heavy (non-hydrogen) atoms. The van der Waals surface area contributed by atoms with Gasteiger partial charge in [0.1, 0.15) is 18.3 Å². The maximum absolute atomic E-state index is 8.00. The number of hydrogen-bond acceptors (Lipinski definition) is 7. The molecule has 3 aliphatic heterocycles. The van der Waals surface area contributed by atoms with Crippen molar-refractivity contribution in [1.82, 2.24) is 19.7 Å². The van der Waals surface area contributed by atoms with Crippen molar-refractivity contribution in [2.75, 3.05) is 47.1 Å². The van der Waals surface area contributed by atoms with E-state index in [1.807, 2.05) is 25.1 Å². The molecule has 2 saturated heterocycles. The molecule has 7 nitrogen and oxygen atoms in total. The first-order valence-corrected chi connectivity index (χ1v) is 14.1. The lowest BCUT2D eigenvalue weighted by Crippen LogP contribution is -2.52. The van der Waals surface area contributed by atoms with Crippen LogP contribution in [-0.4, -0.2) is 79.1 Å². The molecule has 2 aromatic rings. The molecule has 1 atom stereocenters. The molecule has 1 aromatic carbocycles. The fraction of sp³-hybridized carbons (Fsp3) is 0.424. The van der Waals surface area contributed by atoms with E-state index < -0.39 is 0 Å². The van der Waals surface area contributed by atoms with E-state index in [2.05, 4.69) is 70.7 Å². The summed E-state index contributed by atoms with van der Waals surface area (Å²) >= 11 is 0. The van der Waals surface area contributed by atoms with Gasteiger partial charge in [-0.3, -0.25) is 14.8 Å². The van der Waals surface area contributed by atoms with Gasteiger partial charge in [0.25, 0.3) is 0 Å². The fourth-order valence-electron chi connectivity index (χ4n) is 6.79. The molecule has 1 aliphatic carbocycles. The van der Waals surface area contributed by atoms with E-state index >= 15 is 0 Å². The van der Waals surface area contributed by atoms with Crippen molar-refractivity contribution in [3.05, 3.63) is 94.4 Å². The maximum Gasteiger partial charge on any atom is 0.134 e. The molecule has 4 aliphatic rings. The van der Waals surface area contributed by atoms with Gasteiger partial charge >= 0.3 is 0 Å². The zero-order valence-corrected chi connectivity index (χ0v) is 24.2. The largest absolute Gasteiger partial charge is 0.497 e. The number of aromatic nitrogens is 1. The number of pyridine rings is 1. The van der Waals surface area contributed by atoms with Crippen molar-refractivity contribution in [2.45, 2.75) is 38.8 Å². The number of carbonyl (C=O) groups excluding carboxylic acids is 1. The van der Waals surface area contributed by atoms with Crippen molar-refractivity contribution in [3.8, 4) is 0 Å². The summed E-state index contributed by atoms with van der Waals surface area (Å²) in [5, 5.41) is 1.22. The Morgan fingerprint density at radius 3 is 2.60 bits per heavy atom. The molecule has 0 amide bonds. The third-order valence-electron chi connectivity index (χ3n) is 8.77. The molecule has 2 fully saturated rings. The summed E-state index contributed by atoms with van der Waals surface area (Å²) in [6.45, 7) is 12.5. The van der Waals surface area contributed by atoms with Gasteiger partial charge in [0.2, 0.25) is 0 Å². The molecule has 4 heterocycles. The summed E-state index contributed by atoms with van der Waals surface area (Å²) in [6, 6.07) is 10.7. The topological polar surface area (TPSA) is 58.1 Å². The molecule has 0 N–H and O–H groups in total. The van der Waals surface area contributed by atoms with Crippen LogP contribution in [-0.2, 0) is 20.8 Å². The smallest absolute Gasteiger partial charge is 0.134 e. The summed E-state index contributed by atoms with van der Waals surface area (Å²) in [5.41, 5.74) is 9.91. The lowest BCUT2D eigenvalue weighted by Gasteiger charge is -2.45. The van der Waals surface area contributed by atoms with Gasteiger partial charge in [-0.05, 0) is 37.1 Å². The quantitative estimate of drug-likeness (QED) is 0.493. The van der Waals surface area contributed by atoms with Crippen LogP contribution in [0.2, 0.25) is 0 Å². The van der Waals surface area contributed by atoms with Gasteiger partial charge in [0.15, 0.2) is 0 Å². The van der Waals surface area contributed by atoms with Crippen molar-refractivity contribution in [2.24, 2.45) is 5.92 Å². The van der Waals surface area contributed by atoms with Crippen LogP contribution in [0.1, 0.15) is 32.3 Å². The number of piperidine rings is 1. The third kappa shape index (κ3) is 5.01. The molecular formula is C33H40N4O3. The van der Waals surface area contributed by atoms with Gasteiger partial charge in [-0.15, -0.1) is 5.73 Å². The predicted molar refractivity (Wildman–Crippen MR) is 158 cm³/mol. The highest BCUT2D eigenvalue weighted by Gasteiger charge is 2.50. The zero-order chi connectivity index (χ0) is 28.3. The number of hydrogen-bond donors (Lipinski definition) is 0. The second-order valence-corrected chi connectivity index (χ2v) is 10.9. The number of nitrogens with zero attached hydrogens (tertiary/aromatic N) is 4. The second kappa shape index (κ2) is 11.8. The van der Waals surface area contributed by atoms with Gasteiger partial charge in [0, 0.05) is 60.1 Å². The molecular weight excluding hydrogens is 500 g/mol. The maximum atomic E-state index is 8.00. The highest BCUT2D eigenvalue weighted by atomic mass is 16.5. The predicted octanol–water partition coefficient (Wildman–Crippen LogP) is 5.04. The molecule has 1 spiro atoms. The number of fused-ring (bicyclic) bond motifs is 3. The van der Waals surface area contributed by atoms with Crippen LogP contribution in [0, 0.1) is 5.92 Å². The minimum absolute atomic E-state index is 0.0584. The fourth-order valence-corrected chi connectivity index (χ4v) is 6.79. The molecule has 0 saturated carbocycles. The standard InChI is InChI=1S/C32H38N4O2.CH2O/c1-5-36-22-35-20-24-17-27(37-3)19-29(38-4)28(18-24)23(2)16-30(35)32(36)11-14-34(15-12-32)21-26-9-6-8-25-10-7-13-33-31(25)26;1-2/h6-10,13,16-17,19,23H,5,11-12,14-15,20-22H2,1-4H3;1H2/b30-16-;. The first-order chi connectivity index (χ1) is 19.5. The lowest BCUT2D eigenvalue weighted by molar-refractivity contribution is -0.0980. The average Bonchev–Trinajstić information content (AvgIpc) is 3.13. The number of methoxy groups -OCH3 is 2. The Balaban J connectivity index is 0.00000158. The van der Waals surface area contributed by atoms with Gasteiger partial charge in [0.05, 0.1) is 38.5 Å². The summed E-state index contributed by atoms with van der Waals surface area (Å²) < 4.78 is 11.5. The normalized spacial score (nSPS) is 23.6. The summed E-state index contributed by atoms with van der Waals surface area (Å²) in [6.07, 6.45) is 10.8. The lowest BCUT2D eigenvalue weighted by atomic mass is 9.81. The van der Waals surface area contributed by atoms with Crippen molar-refractivity contribution >= 4 is 17.7 Å². The van der Waals surface area contributed by atoms with E-state index in [9.17, 15) is 0 Å². The minimum atomic E-state index is 0.0584. The Labute approximate surface area is 237 Å². The molecule has 1 aromatic heterocycles. The van der Waals surface area contributed by atoms with Crippen LogP contribution in [0.4, 0.5) is 0 Å². The second-order valence-electron chi connectivity index (χ2n) is 10.9. The first-order valence-electron chi connectivity index (χ1n) is 14.1. The Kier molecular flexibility index (Phi) is 8.27. The number of likely N-dealkylation sites (tertiary alicyclic amines) is 1. The Morgan fingerprint density at radius 2 is 1.88 bits per heavy atom. The Bertz CT molecular complexity index is 1400. The van der Waals surface area contributed by atoms with Crippen molar-refractivity contribution in [1.29, 1.82) is 0 Å². The molecule has 7 heteroatoms. The summed E-state index contributed by atoms with van der Waals surface area (Å²) in [4.78, 5) is 20.6. The van der Waals surface area contributed by atoms with Crippen LogP contribution in [0.3, 0.4) is 0 Å². The number of benzene rings is 1. The third-order valence-corrected chi connectivity index (χ3v) is 8.77. The highest BCUT2D eigenvalue weighted by molar-refractivity contribution is 5.81. The van der Waals surface area contributed by atoms with Gasteiger partial charge in [-0.25, -0.2) is 0 Å². The average molecular weight is 541 g/mol. The Hall–Kier alpha value is -3.64. The number of carbonyl (C=O) groups is 1. The van der Waals surface area contributed by atoms with Crippen LogP contribution in [0.25, 0.3) is 10.9 Å². The summed E-state index contributed by atoms with van der Waals surface area (Å²) in [5.74, 6) is 1.84. The van der Waals surface area contributed by atoms with E-state index in [4.69, 9.17) is 19.3 Å². The van der Waals surface area contributed by atoms with E-state index in [1.165, 1.54) is 16.6 Å². The minimum Gasteiger partial charge on any atom is -0.497 e. The van der Waals surface area contributed by atoms with Crippen molar-refractivity contribution in [3.63, 3.8) is 0 Å². The van der Waals surface area contributed by atoms with E-state index in [0.29, 0.717) is 0 Å². The molecule has 1 unspecified atom stereocenters. The first kappa shape index (κ1) is 27.9. The van der Waals surface area contributed by atoms with Crippen LogP contribution >= 0.6 is 0 Å². The van der Waals surface area contributed by atoms with E-state index in [1.54, 1.807) is 14.2 Å². The van der Waals surface area contributed by atoms with Crippen LogP contribution in [0.5, 0.6) is 0 Å². The van der Waals surface area contributed by atoms with Gasteiger partial charge < -0.3 is 19.2 Å². The number of allylic oxidation sites excluding steroid dienone is 3. The van der Waals surface area contributed by atoms with E-state index in [0.717, 1.165) is 80.4 Å². The summed E-state index contributed by atoms with van der Waals surface area (Å²) in [7, 11) is 3.46. The van der Waals surface area contributed by atoms with Crippen molar-refractivity contribution < 1.29 is 14.3 Å². The zero-order valence-electron chi connectivity index (χ0n) is 24.2. The number of likely N-dealkylation sites (N-methyl/N-ethyl adjacent to an activating group) is 1. The molecule has 0 radical (unpaired) electrons. The number of ether oxygens (including phenoxy) is 2. The van der Waals surface area contributed by atoms with Crippen LogP contribution in [0.15, 0.2) is 88.8 Å². The monoisotopic (exact) mass is 540 g/mol. The number of para-hydroxylation sites is 1. The Morgan fingerprint density at radius 1 is 1.10 bits per heavy atom. The molecule has 210 valence electrons. The number of rotatable bonds is 5. The highest BCUT2D eigenvalue weighted by Crippen LogP contribution is 2.45. The van der Waals surface area contributed by atoms with Crippen LogP contribution < -0.4 is 0 Å². The van der Waals surface area contributed by atoms with Gasteiger partial charge in [-0.1, -0.05) is 44.2 Å². The molecule has 6 rings (SSSR count). The van der Waals surface area contributed by atoms with Gasteiger partial charge in [-0.2, -0.15) is 0 Å². The SMILES string of the molecule is C=O.CCN1CN2CC3=C=C(C(OC)=CC(OC)=C3)C(C)/C=C\2C12CCN(Cc1cccc3cccnc13)CC2.